The number of ether oxygens (including phenoxy) is 1. The Morgan fingerprint density at radius 1 is 1.21 bits per heavy atom. The molecule has 5 nitrogen and oxygen atoms in total. The number of nitrogens with zero attached hydrogens (tertiary/aromatic N) is 2. The average molecular weight is 465 g/mol. The molecule has 1 saturated heterocycles. The third-order valence-electron chi connectivity index (χ3n) is 6.47. The van der Waals surface area contributed by atoms with E-state index in [1.54, 1.807) is 25.2 Å². The van der Waals surface area contributed by atoms with E-state index >= 15 is 0 Å². The number of thiazole rings is 1. The third kappa shape index (κ3) is 4.97. The smallest absolute Gasteiger partial charge is 0.411 e. The van der Waals surface area contributed by atoms with E-state index in [1.165, 1.54) is 0 Å². The summed E-state index contributed by atoms with van der Waals surface area (Å²) in [5.74, 6) is 0. The van der Waals surface area contributed by atoms with Crippen LogP contribution in [0.15, 0.2) is 66.3 Å². The summed E-state index contributed by atoms with van der Waals surface area (Å²) in [7, 11) is 0. The molecule has 174 valence electrons. The van der Waals surface area contributed by atoms with Crippen LogP contribution in [0.5, 0.6) is 0 Å². The van der Waals surface area contributed by atoms with Crippen molar-refractivity contribution < 1.29 is 14.6 Å². The van der Waals surface area contributed by atoms with Crippen LogP contribution in [0, 0.1) is 0 Å². The number of hydrogen-bond donors (Lipinski definition) is 1. The van der Waals surface area contributed by atoms with Gasteiger partial charge in [-0.3, -0.25) is 9.88 Å². The van der Waals surface area contributed by atoms with Crippen molar-refractivity contribution in [1.82, 2.24) is 9.88 Å². The summed E-state index contributed by atoms with van der Waals surface area (Å²) in [6.45, 7) is 7.70. The number of carbonyl (C=O) groups excluding carboxylic acids is 1. The maximum atomic E-state index is 13.5. The molecule has 2 aromatic carbocycles. The van der Waals surface area contributed by atoms with E-state index in [0.29, 0.717) is 12.8 Å². The molecule has 0 spiro atoms. The summed E-state index contributed by atoms with van der Waals surface area (Å²) in [5.41, 5.74) is 3.11. The van der Waals surface area contributed by atoms with Gasteiger partial charge in [0, 0.05) is 25.1 Å². The summed E-state index contributed by atoms with van der Waals surface area (Å²) in [6.07, 6.45) is 3.31. The zero-order valence-corrected chi connectivity index (χ0v) is 20.5. The predicted octanol–water partition coefficient (Wildman–Crippen LogP) is 6.55. The highest BCUT2D eigenvalue weighted by Crippen LogP contribution is 2.45. The molecule has 0 radical (unpaired) electrons. The number of benzene rings is 2. The van der Waals surface area contributed by atoms with Gasteiger partial charge < -0.3 is 9.84 Å². The number of cyclic esters (lactones) is 1. The lowest BCUT2D eigenvalue weighted by atomic mass is 9.77. The highest BCUT2D eigenvalue weighted by molar-refractivity contribution is 7.13. The number of hydrogen-bond acceptors (Lipinski definition) is 5. The first kappa shape index (κ1) is 23.5. The minimum atomic E-state index is -0.978. The van der Waals surface area contributed by atoms with Gasteiger partial charge >= 0.3 is 6.09 Å². The summed E-state index contributed by atoms with van der Waals surface area (Å²) >= 11 is 1.61. The first-order chi connectivity index (χ1) is 15.7. The molecule has 0 bridgehead atoms. The molecular weight excluding hydrogens is 432 g/mol. The summed E-state index contributed by atoms with van der Waals surface area (Å²) < 4.78 is 6.23. The molecule has 1 aliphatic heterocycles. The quantitative estimate of drug-likeness (QED) is 0.431. The van der Waals surface area contributed by atoms with Gasteiger partial charge in [0.25, 0.3) is 0 Å². The van der Waals surface area contributed by atoms with E-state index in [4.69, 9.17) is 4.74 Å². The largest absolute Gasteiger partial charge is 0.438 e. The molecule has 6 heteroatoms. The second-order valence-corrected chi connectivity index (χ2v) is 10.4. The molecule has 33 heavy (non-hydrogen) atoms. The van der Waals surface area contributed by atoms with Crippen LogP contribution in [-0.4, -0.2) is 32.7 Å². The summed E-state index contributed by atoms with van der Waals surface area (Å²) in [5, 5.41) is 10.7. The fourth-order valence-electron chi connectivity index (χ4n) is 4.98. The van der Waals surface area contributed by atoms with Crippen LogP contribution in [0.1, 0.15) is 64.1 Å². The van der Waals surface area contributed by atoms with Gasteiger partial charge in [-0.25, -0.2) is 4.79 Å². The Morgan fingerprint density at radius 2 is 1.91 bits per heavy atom. The van der Waals surface area contributed by atoms with Gasteiger partial charge in [-0.1, -0.05) is 61.5 Å². The average Bonchev–Trinajstić information content (AvgIpc) is 3.33. The molecule has 1 unspecified atom stereocenters. The zero-order chi connectivity index (χ0) is 23.6. The molecule has 0 aliphatic carbocycles. The lowest BCUT2D eigenvalue weighted by Gasteiger charge is -2.49. The molecule has 2 heterocycles. The topological polar surface area (TPSA) is 62.7 Å². The van der Waals surface area contributed by atoms with Crippen LogP contribution >= 0.6 is 11.3 Å². The first-order valence-electron chi connectivity index (χ1n) is 11.5. The SMILES string of the molecule is CC[C@H]1CC(CC(C)(C)O)(c2ccccc2)OC(=O)N1[C@@H](C)c1ccc(-c2cncs2)cc1. The van der Waals surface area contributed by atoms with E-state index in [2.05, 4.69) is 43.1 Å². The second-order valence-electron chi connectivity index (χ2n) is 9.55. The summed E-state index contributed by atoms with van der Waals surface area (Å²) in [4.78, 5) is 20.7. The van der Waals surface area contributed by atoms with E-state index in [9.17, 15) is 9.90 Å². The molecular formula is C27H32N2O3S. The van der Waals surface area contributed by atoms with Crippen LogP contribution in [-0.2, 0) is 10.3 Å². The van der Waals surface area contributed by atoms with E-state index in [1.807, 2.05) is 46.9 Å². The highest BCUT2D eigenvalue weighted by atomic mass is 32.1. The molecule has 0 saturated carbocycles. The van der Waals surface area contributed by atoms with Crippen molar-refractivity contribution in [3.8, 4) is 10.4 Å². The van der Waals surface area contributed by atoms with Crippen molar-refractivity contribution in [3.63, 3.8) is 0 Å². The summed E-state index contributed by atoms with van der Waals surface area (Å²) in [6, 6.07) is 18.0. The van der Waals surface area contributed by atoms with Crippen molar-refractivity contribution in [3.05, 3.63) is 77.4 Å². The molecule has 1 aromatic heterocycles. The van der Waals surface area contributed by atoms with Crippen LogP contribution < -0.4 is 0 Å². The van der Waals surface area contributed by atoms with Gasteiger partial charge in [0.15, 0.2) is 0 Å². The molecule has 3 aromatic rings. The number of carbonyl (C=O) groups is 1. The maximum Gasteiger partial charge on any atom is 0.411 e. The maximum absolute atomic E-state index is 13.5. The number of aromatic nitrogens is 1. The Labute approximate surface area is 200 Å². The van der Waals surface area contributed by atoms with Gasteiger partial charge in [0.05, 0.1) is 22.0 Å². The van der Waals surface area contributed by atoms with E-state index in [0.717, 1.165) is 28.0 Å². The minimum absolute atomic E-state index is 0.00928. The van der Waals surface area contributed by atoms with Crippen molar-refractivity contribution in [2.24, 2.45) is 0 Å². The second kappa shape index (κ2) is 9.27. The van der Waals surface area contributed by atoms with Crippen LogP contribution in [0.3, 0.4) is 0 Å². The van der Waals surface area contributed by atoms with Gasteiger partial charge in [-0.15, -0.1) is 11.3 Å². The number of rotatable bonds is 7. The molecule has 3 atom stereocenters. The van der Waals surface area contributed by atoms with Crippen molar-refractivity contribution in [2.45, 2.75) is 70.2 Å². The monoisotopic (exact) mass is 464 g/mol. The normalized spacial score (nSPS) is 22.2. The van der Waals surface area contributed by atoms with Crippen molar-refractivity contribution in [2.75, 3.05) is 0 Å². The molecule has 1 N–H and O–H groups in total. The van der Waals surface area contributed by atoms with Gasteiger partial charge in [0.1, 0.15) is 5.60 Å². The van der Waals surface area contributed by atoms with E-state index in [-0.39, 0.29) is 18.2 Å². The molecule has 1 aliphatic rings. The Bertz CT molecular complexity index is 1060. The molecule has 1 fully saturated rings. The highest BCUT2D eigenvalue weighted by Gasteiger charge is 2.49. The fraction of sp³-hybridized carbons (Fsp3) is 0.407. The van der Waals surface area contributed by atoms with Gasteiger partial charge in [-0.05, 0) is 43.9 Å². The fourth-order valence-corrected chi connectivity index (χ4v) is 5.61. The molecule has 4 rings (SSSR count). The zero-order valence-electron chi connectivity index (χ0n) is 19.7. The Morgan fingerprint density at radius 3 is 2.48 bits per heavy atom. The number of amides is 1. The molecule has 1 amide bonds. The Kier molecular flexibility index (Phi) is 6.59. The Balaban J connectivity index is 1.63. The van der Waals surface area contributed by atoms with Crippen LogP contribution in [0.2, 0.25) is 0 Å². The van der Waals surface area contributed by atoms with Crippen molar-refractivity contribution >= 4 is 17.4 Å². The first-order valence-corrected chi connectivity index (χ1v) is 12.4. The minimum Gasteiger partial charge on any atom is -0.438 e. The van der Waals surface area contributed by atoms with Gasteiger partial charge in [0.2, 0.25) is 0 Å². The van der Waals surface area contributed by atoms with Crippen LogP contribution in [0.25, 0.3) is 10.4 Å². The predicted molar refractivity (Wildman–Crippen MR) is 132 cm³/mol. The lowest BCUT2D eigenvalue weighted by molar-refractivity contribution is -0.118. The number of aliphatic hydroxyl groups is 1. The van der Waals surface area contributed by atoms with Crippen molar-refractivity contribution in [1.29, 1.82) is 0 Å². The van der Waals surface area contributed by atoms with Crippen LogP contribution in [0.4, 0.5) is 4.79 Å². The Hall–Kier alpha value is -2.70. The third-order valence-corrected chi connectivity index (χ3v) is 7.29. The standard InChI is InChI=1S/C27H32N2O3S/c1-5-23-15-27(17-26(3,4)31,22-9-7-6-8-10-22)32-25(30)29(23)19(2)20-11-13-21(14-12-20)24-16-28-18-33-24/h6-14,16,18-19,23,31H,5,15,17H2,1-4H3/t19-,23-,27?/m0/s1. The van der Waals surface area contributed by atoms with E-state index < -0.39 is 11.2 Å². The van der Waals surface area contributed by atoms with Gasteiger partial charge in [-0.2, -0.15) is 0 Å². The lowest BCUT2D eigenvalue weighted by Crippen LogP contribution is -2.55.